The maximum Gasteiger partial charge on any atom is 0.248 e. The van der Waals surface area contributed by atoms with Crippen LogP contribution < -0.4 is 5.32 Å². The van der Waals surface area contributed by atoms with Gasteiger partial charge in [-0.15, -0.1) is 0 Å². The number of imide groups is 1. The second-order valence-corrected chi connectivity index (χ2v) is 10.2. The van der Waals surface area contributed by atoms with Crippen LogP contribution in [0.5, 0.6) is 0 Å². The molecule has 33 heavy (non-hydrogen) atoms. The van der Waals surface area contributed by atoms with Gasteiger partial charge in [0, 0.05) is 12.1 Å². The highest BCUT2D eigenvalue weighted by atomic mass is 16.2. The van der Waals surface area contributed by atoms with Crippen LogP contribution in [-0.4, -0.2) is 28.7 Å². The number of likely N-dealkylation sites (tertiary alicyclic amines) is 1. The molecule has 3 fully saturated rings. The Hall–Kier alpha value is -3.21. The number of nitrogens with one attached hydrogen (secondary N) is 1. The van der Waals surface area contributed by atoms with Gasteiger partial charge in [-0.1, -0.05) is 54.6 Å². The number of hydrogen-bond acceptors (Lipinski definition) is 3. The summed E-state index contributed by atoms with van der Waals surface area (Å²) in [6.45, 7) is 3.92. The lowest BCUT2D eigenvalue weighted by atomic mass is 9.63. The SMILES string of the molecule is Cc1ccc(C)c(NC(=O)[C@H](Cc2ccccc2)N2C(=O)[C@@H]3[C@H]4C=C[C@@H]([C@@H]5C[C@@H]45)[C@H]3C2=O)c1. The van der Waals surface area contributed by atoms with E-state index in [1.807, 2.05) is 62.4 Å². The Labute approximate surface area is 193 Å². The van der Waals surface area contributed by atoms with Crippen molar-refractivity contribution in [1.82, 2.24) is 4.90 Å². The van der Waals surface area contributed by atoms with Crippen molar-refractivity contribution in [1.29, 1.82) is 0 Å². The van der Waals surface area contributed by atoms with Crippen molar-refractivity contribution in [2.24, 2.45) is 35.5 Å². The zero-order chi connectivity index (χ0) is 22.9. The van der Waals surface area contributed by atoms with E-state index >= 15 is 0 Å². The number of benzene rings is 2. The van der Waals surface area contributed by atoms with Gasteiger partial charge in [-0.25, -0.2) is 0 Å². The third kappa shape index (κ3) is 3.17. The Kier molecular flexibility index (Phi) is 4.58. The van der Waals surface area contributed by atoms with Gasteiger partial charge < -0.3 is 5.32 Å². The van der Waals surface area contributed by atoms with E-state index in [2.05, 4.69) is 17.5 Å². The predicted molar refractivity (Wildman–Crippen MR) is 125 cm³/mol. The zero-order valence-corrected chi connectivity index (χ0v) is 18.9. The lowest BCUT2D eigenvalue weighted by Gasteiger charge is -2.37. The minimum Gasteiger partial charge on any atom is -0.324 e. The normalized spacial score (nSPS) is 31.9. The molecule has 1 aliphatic heterocycles. The van der Waals surface area contributed by atoms with Crippen molar-refractivity contribution in [2.75, 3.05) is 5.32 Å². The maximum absolute atomic E-state index is 13.7. The van der Waals surface area contributed by atoms with E-state index in [-0.39, 0.29) is 41.4 Å². The lowest BCUT2D eigenvalue weighted by Crippen LogP contribution is -2.49. The number of carbonyl (C=O) groups excluding carboxylic acids is 3. The van der Waals surface area contributed by atoms with Gasteiger partial charge in [-0.3, -0.25) is 19.3 Å². The van der Waals surface area contributed by atoms with Crippen molar-refractivity contribution in [2.45, 2.75) is 32.7 Å². The van der Waals surface area contributed by atoms with Gasteiger partial charge in [0.05, 0.1) is 11.8 Å². The first-order valence-corrected chi connectivity index (χ1v) is 11.9. The molecule has 168 valence electrons. The second kappa shape index (κ2) is 7.41. The highest BCUT2D eigenvalue weighted by Gasteiger charge is 2.67. The van der Waals surface area contributed by atoms with E-state index in [1.165, 1.54) is 4.90 Å². The molecule has 0 radical (unpaired) electrons. The Morgan fingerprint density at radius 3 is 2.24 bits per heavy atom. The number of allylic oxidation sites excluding steroid dienone is 2. The Morgan fingerprint density at radius 1 is 0.970 bits per heavy atom. The number of amides is 3. The summed E-state index contributed by atoms with van der Waals surface area (Å²) in [6.07, 6.45) is 5.76. The zero-order valence-electron chi connectivity index (χ0n) is 18.9. The van der Waals surface area contributed by atoms with E-state index < -0.39 is 6.04 Å². The van der Waals surface area contributed by atoms with Crippen molar-refractivity contribution in [3.8, 4) is 0 Å². The highest BCUT2D eigenvalue weighted by Crippen LogP contribution is 2.65. The molecular weight excluding hydrogens is 412 g/mol. The molecule has 0 spiro atoms. The van der Waals surface area contributed by atoms with Gasteiger partial charge in [0.15, 0.2) is 0 Å². The average Bonchev–Trinajstić information content (AvgIpc) is 3.59. The molecule has 3 amide bonds. The molecule has 0 unspecified atom stereocenters. The van der Waals surface area contributed by atoms with Crippen LogP contribution >= 0.6 is 0 Å². The molecule has 2 aromatic rings. The molecule has 4 aliphatic carbocycles. The summed E-state index contributed by atoms with van der Waals surface area (Å²) in [5, 5.41) is 3.03. The van der Waals surface area contributed by atoms with E-state index in [9.17, 15) is 14.4 Å². The molecular formula is C28H28N2O3. The largest absolute Gasteiger partial charge is 0.324 e. The molecule has 2 saturated carbocycles. The number of aryl methyl sites for hydroxylation is 2. The van der Waals surface area contributed by atoms with Crippen molar-refractivity contribution >= 4 is 23.4 Å². The smallest absolute Gasteiger partial charge is 0.248 e. The summed E-state index contributed by atoms with van der Waals surface area (Å²) in [5.74, 6) is 0.128. The number of carbonyl (C=O) groups is 3. The Balaban J connectivity index is 1.34. The van der Waals surface area contributed by atoms with Gasteiger partial charge in [-0.2, -0.15) is 0 Å². The molecule has 0 aromatic heterocycles. The van der Waals surface area contributed by atoms with E-state index in [4.69, 9.17) is 0 Å². The molecule has 2 bridgehead atoms. The number of rotatable bonds is 5. The molecule has 7 rings (SSSR count). The number of nitrogens with zero attached hydrogens (tertiary/aromatic N) is 1. The Morgan fingerprint density at radius 2 is 1.61 bits per heavy atom. The third-order valence-electron chi connectivity index (χ3n) is 8.23. The fraction of sp³-hybridized carbons (Fsp3) is 0.393. The summed E-state index contributed by atoms with van der Waals surface area (Å²) in [5.41, 5.74) is 3.63. The molecule has 5 nitrogen and oxygen atoms in total. The van der Waals surface area contributed by atoms with Crippen LogP contribution in [0.1, 0.15) is 23.1 Å². The van der Waals surface area contributed by atoms with Crippen LogP contribution in [0.2, 0.25) is 0 Å². The molecule has 1 N–H and O–H groups in total. The summed E-state index contributed by atoms with van der Waals surface area (Å²) >= 11 is 0. The predicted octanol–water partition coefficient (Wildman–Crippen LogP) is 3.91. The third-order valence-corrected chi connectivity index (χ3v) is 8.23. The first kappa shape index (κ1) is 20.4. The van der Waals surface area contributed by atoms with E-state index in [0.717, 1.165) is 28.8 Å². The molecule has 5 heteroatoms. The fourth-order valence-electron chi connectivity index (χ4n) is 6.51. The van der Waals surface area contributed by atoms with Gasteiger partial charge in [0.1, 0.15) is 6.04 Å². The molecule has 1 saturated heterocycles. The first-order chi connectivity index (χ1) is 15.9. The maximum atomic E-state index is 13.7. The molecule has 1 heterocycles. The summed E-state index contributed by atoms with van der Waals surface area (Å²) in [6, 6.07) is 14.7. The average molecular weight is 441 g/mol. The van der Waals surface area contributed by atoms with Gasteiger partial charge in [0.2, 0.25) is 17.7 Å². The Bertz CT molecular complexity index is 1150. The van der Waals surface area contributed by atoms with E-state index in [0.29, 0.717) is 18.3 Å². The first-order valence-electron chi connectivity index (χ1n) is 11.9. The fourth-order valence-corrected chi connectivity index (χ4v) is 6.51. The molecule has 7 atom stereocenters. The van der Waals surface area contributed by atoms with Crippen molar-refractivity contribution in [3.05, 3.63) is 77.4 Å². The van der Waals surface area contributed by atoms with Crippen LogP contribution in [0.4, 0.5) is 5.69 Å². The highest BCUT2D eigenvalue weighted by molar-refractivity contribution is 6.11. The summed E-state index contributed by atoms with van der Waals surface area (Å²) in [4.78, 5) is 42.4. The number of anilines is 1. The van der Waals surface area contributed by atoms with Crippen molar-refractivity contribution in [3.63, 3.8) is 0 Å². The standard InChI is InChI=1S/C28H28N2O3/c1-15-8-9-16(2)22(12-15)29-26(31)23(13-17-6-4-3-5-7-17)30-27(32)24-18-10-11-19(21-14-20(18)21)25(24)28(30)33/h3-12,18-21,23-25H,13-14H2,1-2H3,(H,29,31)/t18-,19-,20-,21-,23-,24+,25+/m0/s1. The van der Waals surface area contributed by atoms with Crippen LogP contribution in [0, 0.1) is 49.4 Å². The topological polar surface area (TPSA) is 66.5 Å². The summed E-state index contributed by atoms with van der Waals surface area (Å²) in [7, 11) is 0. The quantitative estimate of drug-likeness (QED) is 0.566. The van der Waals surface area contributed by atoms with Crippen LogP contribution in [0.15, 0.2) is 60.7 Å². The van der Waals surface area contributed by atoms with Crippen LogP contribution in [0.3, 0.4) is 0 Å². The second-order valence-electron chi connectivity index (χ2n) is 10.2. The van der Waals surface area contributed by atoms with Gasteiger partial charge >= 0.3 is 0 Å². The van der Waals surface area contributed by atoms with E-state index in [1.54, 1.807) is 0 Å². The van der Waals surface area contributed by atoms with Gasteiger partial charge in [-0.05, 0) is 66.7 Å². The lowest BCUT2D eigenvalue weighted by molar-refractivity contribution is -0.146. The van der Waals surface area contributed by atoms with Crippen LogP contribution in [-0.2, 0) is 20.8 Å². The van der Waals surface area contributed by atoms with Crippen LogP contribution in [0.25, 0.3) is 0 Å². The van der Waals surface area contributed by atoms with Crippen molar-refractivity contribution < 1.29 is 14.4 Å². The summed E-state index contributed by atoms with van der Waals surface area (Å²) < 4.78 is 0. The molecule has 2 aromatic carbocycles. The molecule has 5 aliphatic rings. The minimum atomic E-state index is -0.867. The number of hydrogen-bond donors (Lipinski definition) is 1. The van der Waals surface area contributed by atoms with Gasteiger partial charge in [0.25, 0.3) is 0 Å². The monoisotopic (exact) mass is 440 g/mol. The minimum absolute atomic E-state index is 0.144.